The number of carbonyl (C=O) groups excluding carboxylic acids is 2. The highest BCUT2D eigenvalue weighted by Crippen LogP contribution is 2.32. The van der Waals surface area contributed by atoms with Crippen LogP contribution < -0.4 is 15.0 Å². The van der Waals surface area contributed by atoms with E-state index in [2.05, 4.69) is 21.2 Å². The van der Waals surface area contributed by atoms with E-state index in [9.17, 15) is 9.59 Å². The van der Waals surface area contributed by atoms with E-state index in [0.29, 0.717) is 11.4 Å². The number of rotatable bonds is 2. The number of amides is 2. The molecule has 1 aromatic carbocycles. The number of nitrogens with zero attached hydrogens (tertiary/aromatic N) is 1. The van der Waals surface area contributed by atoms with Crippen LogP contribution in [0.3, 0.4) is 0 Å². The fourth-order valence-electron chi connectivity index (χ4n) is 2.27. The second-order valence-corrected chi connectivity index (χ2v) is 6.96. The van der Waals surface area contributed by atoms with E-state index in [0.717, 1.165) is 4.47 Å². The van der Waals surface area contributed by atoms with Crippen LogP contribution in [0, 0.1) is 5.41 Å². The number of halogens is 1. The van der Waals surface area contributed by atoms with Gasteiger partial charge in [-0.05, 0) is 33.5 Å². The number of hydrogen-bond donors (Lipinski definition) is 1. The maximum absolute atomic E-state index is 12.7. The van der Waals surface area contributed by atoms with Crippen molar-refractivity contribution >= 4 is 33.4 Å². The molecule has 1 saturated heterocycles. The predicted molar refractivity (Wildman–Crippen MR) is 84.4 cm³/mol. The number of ether oxygens (including phenoxy) is 1. The van der Waals surface area contributed by atoms with Gasteiger partial charge in [-0.2, -0.15) is 0 Å². The number of piperazine rings is 1. The van der Waals surface area contributed by atoms with Crippen LogP contribution >= 0.6 is 15.9 Å². The summed E-state index contributed by atoms with van der Waals surface area (Å²) in [5.41, 5.74) is 0.314. The lowest BCUT2D eigenvalue weighted by Crippen LogP contribution is -2.62. The van der Waals surface area contributed by atoms with Crippen molar-refractivity contribution < 1.29 is 14.3 Å². The van der Waals surface area contributed by atoms with E-state index in [-0.39, 0.29) is 23.8 Å². The highest BCUT2D eigenvalue weighted by molar-refractivity contribution is 9.10. The van der Waals surface area contributed by atoms with Gasteiger partial charge in [-0.25, -0.2) is 0 Å². The van der Waals surface area contributed by atoms with Crippen molar-refractivity contribution in [2.45, 2.75) is 26.8 Å². The second-order valence-electron chi connectivity index (χ2n) is 6.11. The molecule has 0 aromatic heterocycles. The van der Waals surface area contributed by atoms with Gasteiger partial charge in [-0.3, -0.25) is 9.59 Å². The molecule has 1 N–H and O–H groups in total. The third kappa shape index (κ3) is 3.20. The highest BCUT2D eigenvalue weighted by atomic mass is 79.9. The van der Waals surface area contributed by atoms with Crippen LogP contribution in [0.4, 0.5) is 5.69 Å². The Hall–Kier alpha value is -1.56. The molecule has 2 amide bonds. The lowest BCUT2D eigenvalue weighted by Gasteiger charge is -2.38. The zero-order valence-electron chi connectivity index (χ0n) is 12.6. The molecular formula is C15H19BrN2O3. The van der Waals surface area contributed by atoms with Crippen molar-refractivity contribution in [2.75, 3.05) is 18.6 Å². The molecule has 0 spiro atoms. The molecule has 1 aromatic rings. The Labute approximate surface area is 132 Å². The highest BCUT2D eigenvalue weighted by Gasteiger charge is 2.40. The largest absolute Gasteiger partial charge is 0.495 e. The first-order chi connectivity index (χ1) is 9.74. The van der Waals surface area contributed by atoms with E-state index in [1.54, 1.807) is 25.3 Å². The summed E-state index contributed by atoms with van der Waals surface area (Å²) in [7, 11) is 1.56. The fraction of sp³-hybridized carbons (Fsp3) is 0.467. The molecule has 1 heterocycles. The summed E-state index contributed by atoms with van der Waals surface area (Å²) in [5, 5.41) is 2.78. The molecule has 0 aliphatic carbocycles. The summed E-state index contributed by atoms with van der Waals surface area (Å²) >= 11 is 3.38. The van der Waals surface area contributed by atoms with E-state index in [4.69, 9.17) is 4.74 Å². The minimum atomic E-state index is -0.534. The van der Waals surface area contributed by atoms with Crippen molar-refractivity contribution in [3.63, 3.8) is 0 Å². The smallest absolute Gasteiger partial charge is 0.250 e. The Balaban J connectivity index is 2.38. The van der Waals surface area contributed by atoms with Gasteiger partial charge in [0.05, 0.1) is 11.6 Å². The molecule has 1 aliphatic heterocycles. The number of benzene rings is 1. The molecule has 0 radical (unpaired) electrons. The summed E-state index contributed by atoms with van der Waals surface area (Å²) in [6.07, 6.45) is 0. The third-order valence-electron chi connectivity index (χ3n) is 3.43. The minimum Gasteiger partial charge on any atom is -0.495 e. The van der Waals surface area contributed by atoms with Crippen LogP contribution in [0.1, 0.15) is 20.8 Å². The number of hydrogen-bond acceptors (Lipinski definition) is 3. The summed E-state index contributed by atoms with van der Waals surface area (Å²) in [4.78, 5) is 26.1. The summed E-state index contributed by atoms with van der Waals surface area (Å²) in [5.74, 6) is 0.362. The van der Waals surface area contributed by atoms with Crippen LogP contribution in [-0.4, -0.2) is 31.5 Å². The maximum atomic E-state index is 12.7. The van der Waals surface area contributed by atoms with Gasteiger partial charge in [0.15, 0.2) is 0 Å². The molecule has 6 heteroatoms. The molecule has 114 valence electrons. The molecule has 0 saturated carbocycles. The van der Waals surface area contributed by atoms with Crippen LogP contribution in [0.25, 0.3) is 0 Å². The molecule has 5 nitrogen and oxygen atoms in total. The van der Waals surface area contributed by atoms with E-state index < -0.39 is 6.04 Å². The molecule has 1 aliphatic rings. The number of nitrogens with one attached hydrogen (secondary N) is 1. The fourth-order valence-corrected chi connectivity index (χ4v) is 2.68. The molecule has 0 bridgehead atoms. The van der Waals surface area contributed by atoms with Gasteiger partial charge in [-0.15, -0.1) is 0 Å². The van der Waals surface area contributed by atoms with Crippen LogP contribution in [0.2, 0.25) is 0 Å². The minimum absolute atomic E-state index is 0.0240. The second kappa shape index (κ2) is 5.67. The van der Waals surface area contributed by atoms with Crippen LogP contribution in [-0.2, 0) is 9.59 Å². The SMILES string of the molecule is COc1cc(N2CC(=O)NC(C(C)(C)C)C2=O)ccc1Br. The summed E-state index contributed by atoms with van der Waals surface area (Å²) < 4.78 is 6.05. The van der Waals surface area contributed by atoms with Crippen molar-refractivity contribution in [3.05, 3.63) is 22.7 Å². The van der Waals surface area contributed by atoms with Crippen molar-refractivity contribution in [3.8, 4) is 5.75 Å². The van der Waals surface area contributed by atoms with Gasteiger partial charge in [-0.1, -0.05) is 20.8 Å². The average molecular weight is 355 g/mol. The maximum Gasteiger partial charge on any atom is 0.250 e. The van der Waals surface area contributed by atoms with Gasteiger partial charge in [0.25, 0.3) is 5.91 Å². The number of methoxy groups -OCH3 is 1. The lowest BCUT2D eigenvalue weighted by atomic mass is 9.84. The molecule has 2 rings (SSSR count). The zero-order valence-corrected chi connectivity index (χ0v) is 14.2. The molecule has 1 unspecified atom stereocenters. The normalized spacial score (nSPS) is 19.5. The Morgan fingerprint density at radius 1 is 1.33 bits per heavy atom. The first-order valence-corrected chi connectivity index (χ1v) is 7.47. The van der Waals surface area contributed by atoms with Crippen molar-refractivity contribution in [1.82, 2.24) is 5.32 Å². The lowest BCUT2D eigenvalue weighted by molar-refractivity contribution is -0.133. The van der Waals surface area contributed by atoms with Crippen LogP contribution in [0.15, 0.2) is 22.7 Å². The standard InChI is InChI=1S/C15H19BrN2O3/c1-15(2,3)13-14(20)18(8-12(19)17-13)9-5-6-10(16)11(7-9)21-4/h5-7,13H,8H2,1-4H3,(H,17,19). The number of carbonyl (C=O) groups is 2. The van der Waals surface area contributed by atoms with Crippen molar-refractivity contribution in [2.24, 2.45) is 5.41 Å². The first-order valence-electron chi connectivity index (χ1n) is 6.68. The third-order valence-corrected chi connectivity index (χ3v) is 4.09. The van der Waals surface area contributed by atoms with Gasteiger partial charge in [0.2, 0.25) is 5.91 Å². The molecular weight excluding hydrogens is 336 g/mol. The van der Waals surface area contributed by atoms with Gasteiger partial charge < -0.3 is 15.0 Å². The molecule has 1 fully saturated rings. The van der Waals surface area contributed by atoms with E-state index >= 15 is 0 Å². The summed E-state index contributed by atoms with van der Waals surface area (Å²) in [6.45, 7) is 5.82. The Bertz CT molecular complexity index is 581. The van der Waals surface area contributed by atoms with E-state index in [1.165, 1.54) is 4.90 Å². The first kappa shape index (κ1) is 15.8. The van der Waals surface area contributed by atoms with Gasteiger partial charge >= 0.3 is 0 Å². The quantitative estimate of drug-likeness (QED) is 0.886. The zero-order chi connectivity index (χ0) is 15.8. The molecule has 1 atom stereocenters. The van der Waals surface area contributed by atoms with Crippen LogP contribution in [0.5, 0.6) is 5.75 Å². The molecule has 21 heavy (non-hydrogen) atoms. The average Bonchev–Trinajstić information content (AvgIpc) is 2.40. The van der Waals surface area contributed by atoms with Gasteiger partial charge in [0.1, 0.15) is 18.3 Å². The number of anilines is 1. The Kier molecular flexibility index (Phi) is 4.27. The monoisotopic (exact) mass is 354 g/mol. The Morgan fingerprint density at radius 2 is 2.00 bits per heavy atom. The van der Waals surface area contributed by atoms with Crippen molar-refractivity contribution in [1.29, 1.82) is 0 Å². The topological polar surface area (TPSA) is 58.6 Å². The summed E-state index contributed by atoms with van der Waals surface area (Å²) in [6, 6.07) is 4.82. The van der Waals surface area contributed by atoms with Gasteiger partial charge in [0, 0.05) is 11.8 Å². The Morgan fingerprint density at radius 3 is 2.57 bits per heavy atom. The predicted octanol–water partition coefficient (Wildman–Crippen LogP) is 2.34. The van der Waals surface area contributed by atoms with E-state index in [1.807, 2.05) is 20.8 Å².